The topological polar surface area (TPSA) is 130 Å². The Balaban J connectivity index is 0.00000106. The molecule has 1 atom stereocenters. The molecule has 0 bridgehead atoms. The lowest BCUT2D eigenvalue weighted by atomic mass is 10.0. The van der Waals surface area contributed by atoms with Crippen molar-refractivity contribution < 1.29 is 20.1 Å². The van der Waals surface area contributed by atoms with E-state index in [-0.39, 0.29) is 11.5 Å². The fourth-order valence-electron chi connectivity index (χ4n) is 1.14. The monoisotopic (exact) mass is 228 g/mol. The van der Waals surface area contributed by atoms with E-state index in [9.17, 15) is 4.79 Å². The molecule has 90 valence electrons. The molecule has 0 aliphatic carbocycles. The largest absolute Gasteiger partial charge is 0.504 e. The molecule has 0 heterocycles. The van der Waals surface area contributed by atoms with Crippen LogP contribution < -0.4 is 11.7 Å². The van der Waals surface area contributed by atoms with Gasteiger partial charge in [0.05, 0.1) is 5.92 Å². The quantitative estimate of drug-likeness (QED) is 0.285. The number of phenolic OH excluding ortho intramolecular Hbond substituents is 2. The third-order valence-corrected chi connectivity index (χ3v) is 2.00. The van der Waals surface area contributed by atoms with E-state index < -0.39 is 11.9 Å². The highest BCUT2D eigenvalue weighted by molar-refractivity contribution is 5.69. The molecule has 7 N–H and O–H groups in total. The lowest BCUT2D eigenvalue weighted by Crippen LogP contribution is -2.12. The van der Waals surface area contributed by atoms with Gasteiger partial charge in [-0.05, 0) is 24.1 Å². The van der Waals surface area contributed by atoms with E-state index in [4.69, 9.17) is 15.3 Å². The summed E-state index contributed by atoms with van der Waals surface area (Å²) in [7, 11) is 0. The number of hydrogen-bond acceptors (Lipinski definition) is 5. The Bertz CT molecular complexity index is 355. The SMILES string of the molecule is CC(Cc1ccc(O)c(O)c1)C(=O)O.NN. The standard InChI is InChI=1S/C10H12O4.H4N2/c1-6(10(13)14)4-7-2-3-8(11)9(12)5-7;1-2/h2-3,5-6,11-12H,4H2,1H3,(H,13,14);1-2H2. The smallest absolute Gasteiger partial charge is 0.306 e. The summed E-state index contributed by atoms with van der Waals surface area (Å²) in [6.07, 6.45) is 0.336. The van der Waals surface area contributed by atoms with Gasteiger partial charge in [0.25, 0.3) is 0 Å². The molecule has 0 aromatic heterocycles. The number of carboxylic acid groups (broad SMARTS) is 1. The summed E-state index contributed by atoms with van der Waals surface area (Å²) in [4.78, 5) is 10.5. The van der Waals surface area contributed by atoms with Crippen LogP contribution in [0.5, 0.6) is 11.5 Å². The van der Waals surface area contributed by atoms with Gasteiger partial charge in [0.15, 0.2) is 11.5 Å². The van der Waals surface area contributed by atoms with Crippen molar-refractivity contribution in [3.8, 4) is 11.5 Å². The van der Waals surface area contributed by atoms with Crippen molar-refractivity contribution in [2.75, 3.05) is 0 Å². The van der Waals surface area contributed by atoms with Gasteiger partial charge in [0.1, 0.15) is 0 Å². The highest BCUT2D eigenvalue weighted by Gasteiger charge is 2.12. The fourth-order valence-corrected chi connectivity index (χ4v) is 1.14. The van der Waals surface area contributed by atoms with Crippen molar-refractivity contribution >= 4 is 5.97 Å². The molecule has 0 spiro atoms. The van der Waals surface area contributed by atoms with Crippen LogP contribution in [0.25, 0.3) is 0 Å². The third-order valence-electron chi connectivity index (χ3n) is 2.00. The number of phenols is 2. The number of nitrogens with two attached hydrogens (primary N) is 2. The van der Waals surface area contributed by atoms with Crippen molar-refractivity contribution in [3.05, 3.63) is 23.8 Å². The zero-order valence-corrected chi connectivity index (χ0v) is 8.92. The molecule has 0 radical (unpaired) electrons. The fraction of sp³-hybridized carbons (Fsp3) is 0.300. The summed E-state index contributed by atoms with van der Waals surface area (Å²) in [6.45, 7) is 1.59. The summed E-state index contributed by atoms with van der Waals surface area (Å²) in [6, 6.07) is 4.31. The van der Waals surface area contributed by atoms with E-state index in [1.54, 1.807) is 13.0 Å². The van der Waals surface area contributed by atoms with Crippen LogP contribution in [0.3, 0.4) is 0 Å². The molecule has 0 amide bonds. The summed E-state index contributed by atoms with van der Waals surface area (Å²) in [5, 5.41) is 26.8. The molecular formula is C10H16N2O4. The van der Waals surface area contributed by atoms with Crippen LogP contribution in [-0.2, 0) is 11.2 Å². The third kappa shape index (κ3) is 4.16. The second-order valence-electron chi connectivity index (χ2n) is 3.27. The first-order chi connectivity index (χ1) is 7.50. The Morgan fingerprint density at radius 3 is 2.31 bits per heavy atom. The molecule has 1 rings (SSSR count). The van der Waals surface area contributed by atoms with E-state index in [0.29, 0.717) is 12.0 Å². The number of aliphatic carboxylic acids is 1. The van der Waals surface area contributed by atoms with Gasteiger partial charge in [0.2, 0.25) is 0 Å². The number of carbonyl (C=O) groups is 1. The van der Waals surface area contributed by atoms with Crippen LogP contribution in [0.4, 0.5) is 0 Å². The number of carboxylic acids is 1. The molecule has 1 aromatic carbocycles. The van der Waals surface area contributed by atoms with Crippen molar-refractivity contribution in [1.29, 1.82) is 0 Å². The summed E-state index contributed by atoms with van der Waals surface area (Å²) >= 11 is 0. The summed E-state index contributed by atoms with van der Waals surface area (Å²) in [5.41, 5.74) is 0.690. The van der Waals surface area contributed by atoms with E-state index in [1.165, 1.54) is 12.1 Å². The average Bonchev–Trinajstić information content (AvgIpc) is 2.26. The Hall–Kier alpha value is -1.79. The zero-order valence-electron chi connectivity index (χ0n) is 8.92. The highest BCUT2D eigenvalue weighted by atomic mass is 16.4. The zero-order chi connectivity index (χ0) is 12.7. The normalized spacial score (nSPS) is 11.2. The Morgan fingerprint density at radius 1 is 1.31 bits per heavy atom. The molecule has 0 aliphatic heterocycles. The first-order valence-electron chi connectivity index (χ1n) is 4.57. The van der Waals surface area contributed by atoms with E-state index >= 15 is 0 Å². The van der Waals surface area contributed by atoms with Gasteiger partial charge in [0, 0.05) is 0 Å². The molecule has 6 heteroatoms. The molecule has 1 unspecified atom stereocenters. The van der Waals surface area contributed by atoms with E-state index in [2.05, 4.69) is 11.7 Å². The number of aromatic hydroxyl groups is 2. The number of benzene rings is 1. The minimum Gasteiger partial charge on any atom is -0.504 e. The molecule has 1 aromatic rings. The predicted molar refractivity (Wildman–Crippen MR) is 58.7 cm³/mol. The van der Waals surface area contributed by atoms with Gasteiger partial charge in [-0.25, -0.2) is 0 Å². The van der Waals surface area contributed by atoms with Gasteiger partial charge in [-0.2, -0.15) is 0 Å². The van der Waals surface area contributed by atoms with Crippen LogP contribution >= 0.6 is 0 Å². The summed E-state index contributed by atoms with van der Waals surface area (Å²) < 4.78 is 0. The average molecular weight is 228 g/mol. The maximum absolute atomic E-state index is 10.5. The summed E-state index contributed by atoms with van der Waals surface area (Å²) in [5.74, 6) is 6.20. The van der Waals surface area contributed by atoms with E-state index in [0.717, 1.165) is 0 Å². The van der Waals surface area contributed by atoms with Gasteiger partial charge in [-0.15, -0.1) is 0 Å². The van der Waals surface area contributed by atoms with Crippen LogP contribution in [0.1, 0.15) is 12.5 Å². The molecule has 6 nitrogen and oxygen atoms in total. The lowest BCUT2D eigenvalue weighted by molar-refractivity contribution is -0.141. The number of hydrogen-bond donors (Lipinski definition) is 5. The van der Waals surface area contributed by atoms with Crippen LogP contribution in [0.2, 0.25) is 0 Å². The van der Waals surface area contributed by atoms with Gasteiger partial charge < -0.3 is 15.3 Å². The Labute approximate surface area is 93.1 Å². The van der Waals surface area contributed by atoms with Gasteiger partial charge in [-0.3, -0.25) is 16.5 Å². The highest BCUT2D eigenvalue weighted by Crippen LogP contribution is 2.25. The van der Waals surface area contributed by atoms with Crippen LogP contribution in [-0.4, -0.2) is 21.3 Å². The molecule has 0 fully saturated rings. The van der Waals surface area contributed by atoms with E-state index in [1.807, 2.05) is 0 Å². The number of rotatable bonds is 3. The van der Waals surface area contributed by atoms with Crippen molar-refractivity contribution in [1.82, 2.24) is 0 Å². The molecule has 0 aliphatic rings. The van der Waals surface area contributed by atoms with Crippen LogP contribution in [0.15, 0.2) is 18.2 Å². The maximum atomic E-state index is 10.5. The Morgan fingerprint density at radius 2 is 1.88 bits per heavy atom. The second-order valence-corrected chi connectivity index (χ2v) is 3.27. The minimum absolute atomic E-state index is 0.197. The van der Waals surface area contributed by atoms with Crippen molar-refractivity contribution in [3.63, 3.8) is 0 Å². The van der Waals surface area contributed by atoms with Crippen LogP contribution in [0, 0.1) is 5.92 Å². The minimum atomic E-state index is -0.877. The molecule has 0 saturated heterocycles. The first kappa shape index (κ1) is 14.2. The lowest BCUT2D eigenvalue weighted by Gasteiger charge is -2.06. The first-order valence-corrected chi connectivity index (χ1v) is 4.57. The molecule has 0 saturated carbocycles. The maximum Gasteiger partial charge on any atom is 0.306 e. The van der Waals surface area contributed by atoms with Gasteiger partial charge >= 0.3 is 5.97 Å². The molecular weight excluding hydrogens is 212 g/mol. The Kier molecular flexibility index (Phi) is 5.91. The van der Waals surface area contributed by atoms with Crippen molar-refractivity contribution in [2.45, 2.75) is 13.3 Å². The van der Waals surface area contributed by atoms with Crippen molar-refractivity contribution in [2.24, 2.45) is 17.6 Å². The molecule has 16 heavy (non-hydrogen) atoms. The number of hydrazine groups is 1. The second kappa shape index (κ2) is 6.65. The van der Waals surface area contributed by atoms with Gasteiger partial charge in [-0.1, -0.05) is 13.0 Å². The predicted octanol–water partition coefficient (Wildman–Crippen LogP) is 0.180.